The summed E-state index contributed by atoms with van der Waals surface area (Å²) in [5.74, 6) is 0. The zero-order valence-corrected chi connectivity index (χ0v) is 22.8. The molecule has 5 aromatic rings. The Balaban J connectivity index is 1.60. The second kappa shape index (κ2) is 6.51. The van der Waals surface area contributed by atoms with Crippen molar-refractivity contribution in [3.05, 3.63) is 94.5 Å². The third kappa shape index (κ3) is 2.56. The number of hydrogen-bond acceptors (Lipinski definition) is 0. The number of hydrogen-bond donors (Lipinski definition) is 0. The highest BCUT2D eigenvalue weighted by Gasteiger charge is 2.39. The molecule has 7 rings (SSSR count). The first-order valence-corrected chi connectivity index (χ1v) is 13.3. The van der Waals surface area contributed by atoms with E-state index >= 15 is 0 Å². The molecule has 0 fully saturated rings. The van der Waals surface area contributed by atoms with Crippen LogP contribution >= 0.6 is 0 Å². The minimum absolute atomic E-state index is 0.0259. The lowest BCUT2D eigenvalue weighted by Crippen LogP contribution is -2.31. The lowest BCUT2D eigenvalue weighted by Gasteiger charge is -2.36. The van der Waals surface area contributed by atoms with Gasteiger partial charge in [0.1, 0.15) is 0 Å². The van der Waals surface area contributed by atoms with Crippen molar-refractivity contribution in [3.63, 3.8) is 0 Å². The molecule has 0 atom stereocenters. The molecule has 0 saturated heterocycles. The zero-order valence-electron chi connectivity index (χ0n) is 22.8. The summed E-state index contributed by atoms with van der Waals surface area (Å²) in [5, 5.41) is 2.74. The summed E-state index contributed by atoms with van der Waals surface area (Å²) in [6, 6.07) is 26.1. The molecule has 36 heavy (non-hydrogen) atoms. The molecule has 0 unspecified atom stereocenters. The van der Waals surface area contributed by atoms with Crippen LogP contribution in [0.4, 0.5) is 0 Å². The van der Waals surface area contributed by atoms with Gasteiger partial charge < -0.3 is 4.57 Å². The highest BCUT2D eigenvalue weighted by Crippen LogP contribution is 2.54. The van der Waals surface area contributed by atoms with Crippen molar-refractivity contribution in [2.45, 2.75) is 71.8 Å². The van der Waals surface area contributed by atoms with Crippen LogP contribution in [0.3, 0.4) is 0 Å². The number of fused-ring (bicyclic) bond motifs is 8. The van der Waals surface area contributed by atoms with E-state index < -0.39 is 0 Å². The molecule has 180 valence electrons. The van der Waals surface area contributed by atoms with Crippen LogP contribution in [0.1, 0.15) is 76.3 Å². The highest BCUT2D eigenvalue weighted by atomic mass is 15.1. The smallest absolute Gasteiger partial charge is 0.0653 e. The molecule has 1 aliphatic carbocycles. The molecule has 4 aromatic carbocycles. The SMILES string of the molecule is Cc1ccc2c(c1)C(C)(C)n1c3cc4c(cc3c3cccc-2c31)C(C)(C)c1cc(C(C)(C)C)ccc1-4. The van der Waals surface area contributed by atoms with Gasteiger partial charge in [-0.25, -0.2) is 0 Å². The third-order valence-electron chi connectivity index (χ3n) is 9.13. The number of benzene rings is 4. The predicted molar refractivity (Wildman–Crippen MR) is 154 cm³/mol. The molecule has 0 N–H and O–H groups in total. The molecule has 2 heterocycles. The Morgan fingerprint density at radius 2 is 1.33 bits per heavy atom. The van der Waals surface area contributed by atoms with Crippen molar-refractivity contribution in [1.29, 1.82) is 0 Å². The van der Waals surface area contributed by atoms with E-state index in [0.29, 0.717) is 0 Å². The van der Waals surface area contributed by atoms with Crippen molar-refractivity contribution in [1.82, 2.24) is 4.57 Å². The molecule has 1 heteroatoms. The quantitative estimate of drug-likeness (QED) is 0.213. The zero-order chi connectivity index (χ0) is 25.4. The van der Waals surface area contributed by atoms with E-state index in [1.54, 1.807) is 0 Å². The van der Waals surface area contributed by atoms with Crippen LogP contribution in [-0.4, -0.2) is 4.57 Å². The van der Waals surface area contributed by atoms with Crippen molar-refractivity contribution < 1.29 is 0 Å². The van der Waals surface area contributed by atoms with E-state index in [-0.39, 0.29) is 16.4 Å². The Morgan fingerprint density at radius 3 is 2.08 bits per heavy atom. The maximum absolute atomic E-state index is 2.63. The summed E-state index contributed by atoms with van der Waals surface area (Å²) in [5.41, 5.74) is 15.3. The van der Waals surface area contributed by atoms with Gasteiger partial charge in [0.15, 0.2) is 0 Å². The fraction of sp³-hybridized carbons (Fsp3) is 0.314. The number of para-hydroxylation sites is 1. The first kappa shape index (κ1) is 21.9. The van der Waals surface area contributed by atoms with Crippen LogP contribution in [0.25, 0.3) is 44.1 Å². The second-order valence-corrected chi connectivity index (χ2v) is 13.2. The van der Waals surface area contributed by atoms with E-state index in [1.807, 2.05) is 0 Å². The fourth-order valence-corrected chi connectivity index (χ4v) is 7.08. The number of aromatic nitrogens is 1. The van der Waals surface area contributed by atoms with Crippen LogP contribution in [0.15, 0.2) is 66.7 Å². The van der Waals surface area contributed by atoms with E-state index in [4.69, 9.17) is 0 Å². The van der Waals surface area contributed by atoms with Crippen LogP contribution in [0, 0.1) is 6.92 Å². The summed E-state index contributed by atoms with van der Waals surface area (Å²) in [6.45, 7) is 18.7. The lowest BCUT2D eigenvalue weighted by molar-refractivity contribution is 0.462. The summed E-state index contributed by atoms with van der Waals surface area (Å²) in [6.07, 6.45) is 0. The second-order valence-electron chi connectivity index (χ2n) is 13.2. The average molecular weight is 470 g/mol. The summed E-state index contributed by atoms with van der Waals surface area (Å²) >= 11 is 0. The van der Waals surface area contributed by atoms with Gasteiger partial charge in [-0.1, -0.05) is 94.8 Å². The third-order valence-corrected chi connectivity index (χ3v) is 9.13. The Labute approximate surface area is 214 Å². The molecular formula is C35H35N. The lowest BCUT2D eigenvalue weighted by atomic mass is 9.79. The molecule has 1 aromatic heterocycles. The van der Waals surface area contributed by atoms with Gasteiger partial charge in [0.25, 0.3) is 0 Å². The molecule has 0 amide bonds. The number of rotatable bonds is 0. The fourth-order valence-electron chi connectivity index (χ4n) is 7.08. The largest absolute Gasteiger partial charge is 0.330 e. The van der Waals surface area contributed by atoms with Crippen LogP contribution < -0.4 is 0 Å². The van der Waals surface area contributed by atoms with Gasteiger partial charge in [-0.3, -0.25) is 0 Å². The molecule has 0 bridgehead atoms. The average Bonchev–Trinajstić information content (AvgIpc) is 3.26. The van der Waals surface area contributed by atoms with E-state index in [2.05, 4.69) is 127 Å². The monoisotopic (exact) mass is 469 g/mol. The Kier molecular flexibility index (Phi) is 3.96. The Hall–Kier alpha value is -3.32. The van der Waals surface area contributed by atoms with Gasteiger partial charge in [0, 0.05) is 21.8 Å². The molecule has 0 radical (unpaired) electrons. The van der Waals surface area contributed by atoms with Gasteiger partial charge in [0.2, 0.25) is 0 Å². The van der Waals surface area contributed by atoms with Crippen molar-refractivity contribution in [2.75, 3.05) is 0 Å². The number of nitrogens with zero attached hydrogens (tertiary/aromatic N) is 1. The van der Waals surface area contributed by atoms with E-state index in [9.17, 15) is 0 Å². The standard InChI is InChI=1S/C35H35N/c1-20-12-14-22-24-10-9-11-25-27-18-29-26(19-31(27)36(32(24)25)35(7,8)30(22)16-20)23-15-13-21(33(2,3)4)17-28(23)34(29,5)6/h9-19H,1-8H3. The van der Waals surface area contributed by atoms with Gasteiger partial charge >= 0.3 is 0 Å². The van der Waals surface area contributed by atoms with Crippen LogP contribution in [0.2, 0.25) is 0 Å². The van der Waals surface area contributed by atoms with Gasteiger partial charge in [0.05, 0.1) is 16.6 Å². The summed E-state index contributed by atoms with van der Waals surface area (Å²) in [7, 11) is 0. The first-order chi connectivity index (χ1) is 16.9. The van der Waals surface area contributed by atoms with Gasteiger partial charge in [-0.15, -0.1) is 0 Å². The Bertz CT molecular complexity index is 1770. The van der Waals surface area contributed by atoms with Gasteiger partial charge in [-0.2, -0.15) is 0 Å². The number of aryl methyl sites for hydroxylation is 1. The summed E-state index contributed by atoms with van der Waals surface area (Å²) in [4.78, 5) is 0. The molecule has 0 saturated carbocycles. The minimum Gasteiger partial charge on any atom is -0.330 e. The molecule has 2 aliphatic rings. The normalized spacial score (nSPS) is 16.8. The van der Waals surface area contributed by atoms with E-state index in [1.165, 1.54) is 71.9 Å². The van der Waals surface area contributed by atoms with Crippen LogP contribution in [0.5, 0.6) is 0 Å². The van der Waals surface area contributed by atoms with Crippen molar-refractivity contribution in [2.24, 2.45) is 0 Å². The highest BCUT2D eigenvalue weighted by molar-refractivity contribution is 6.15. The topological polar surface area (TPSA) is 4.93 Å². The predicted octanol–water partition coefficient (Wildman–Crippen LogP) is 9.47. The van der Waals surface area contributed by atoms with Crippen molar-refractivity contribution in [3.8, 4) is 22.3 Å². The minimum atomic E-state index is -0.142. The molecule has 1 nitrogen and oxygen atoms in total. The van der Waals surface area contributed by atoms with Gasteiger partial charge in [-0.05, 0) is 77.3 Å². The maximum Gasteiger partial charge on any atom is 0.0653 e. The van der Waals surface area contributed by atoms with E-state index in [0.717, 1.165) is 0 Å². The summed E-state index contributed by atoms with van der Waals surface area (Å²) < 4.78 is 2.63. The molecule has 0 spiro atoms. The molecule has 1 aliphatic heterocycles. The van der Waals surface area contributed by atoms with Crippen molar-refractivity contribution >= 4 is 21.8 Å². The van der Waals surface area contributed by atoms with Crippen LogP contribution in [-0.2, 0) is 16.4 Å². The maximum atomic E-state index is 2.63. The Morgan fingerprint density at radius 1 is 0.639 bits per heavy atom. The molecular weight excluding hydrogens is 434 g/mol. The first-order valence-electron chi connectivity index (χ1n) is 13.3.